The summed E-state index contributed by atoms with van der Waals surface area (Å²) in [7, 11) is 1.61. The molecule has 0 spiro atoms. The Morgan fingerprint density at radius 2 is 2.17 bits per heavy atom. The number of ether oxygens (including phenoxy) is 1. The number of aryl methyl sites for hydroxylation is 2. The number of hydrogen-bond donors (Lipinski definition) is 1. The first-order valence-corrected chi connectivity index (χ1v) is 8.98. The maximum absolute atomic E-state index is 12.9. The first kappa shape index (κ1) is 17.9. The maximum Gasteiger partial charge on any atom is 0.305 e. The second kappa shape index (κ2) is 7.93. The van der Waals surface area contributed by atoms with E-state index in [0.29, 0.717) is 13.0 Å². The fraction of sp³-hybridized carbons (Fsp3) is 0.647. The van der Waals surface area contributed by atoms with Crippen LogP contribution in [0.15, 0.2) is 6.07 Å². The summed E-state index contributed by atoms with van der Waals surface area (Å²) in [6.45, 7) is 4.70. The molecule has 1 amide bonds. The molecule has 1 fully saturated rings. The molecule has 1 saturated heterocycles. The molecule has 2 atom stereocenters. The third-order valence-corrected chi connectivity index (χ3v) is 5.57. The van der Waals surface area contributed by atoms with Gasteiger partial charge < -0.3 is 14.7 Å². The molecule has 1 N–H and O–H groups in total. The molecule has 5 nitrogen and oxygen atoms in total. The molecule has 128 valence electrons. The third-order valence-electron chi connectivity index (χ3n) is 4.35. The molecule has 2 heterocycles. The minimum Gasteiger partial charge on any atom is -0.481 e. The first-order valence-electron chi connectivity index (χ1n) is 8.17. The van der Waals surface area contributed by atoms with Crippen LogP contribution in [0.4, 0.5) is 0 Å². The van der Waals surface area contributed by atoms with Crippen LogP contribution in [0.3, 0.4) is 0 Å². The van der Waals surface area contributed by atoms with E-state index in [1.54, 1.807) is 23.3 Å². The Bertz CT molecular complexity index is 569. The lowest BCUT2D eigenvalue weighted by Gasteiger charge is -2.22. The fourth-order valence-corrected chi connectivity index (χ4v) is 4.45. The minimum atomic E-state index is -0.878. The van der Waals surface area contributed by atoms with E-state index in [0.717, 1.165) is 24.1 Å². The molecule has 0 bridgehead atoms. The molecule has 2 unspecified atom stereocenters. The predicted octanol–water partition coefficient (Wildman–Crippen LogP) is 2.97. The van der Waals surface area contributed by atoms with E-state index in [-0.39, 0.29) is 24.5 Å². The van der Waals surface area contributed by atoms with Crippen molar-refractivity contribution in [3.8, 4) is 0 Å². The van der Waals surface area contributed by atoms with Crippen molar-refractivity contribution in [3.63, 3.8) is 0 Å². The van der Waals surface area contributed by atoms with Gasteiger partial charge >= 0.3 is 5.97 Å². The van der Waals surface area contributed by atoms with Crippen molar-refractivity contribution in [1.82, 2.24) is 4.90 Å². The number of thiophene rings is 1. The quantitative estimate of drug-likeness (QED) is 0.829. The van der Waals surface area contributed by atoms with E-state index < -0.39 is 5.97 Å². The van der Waals surface area contributed by atoms with Gasteiger partial charge in [0.05, 0.1) is 17.4 Å². The molecule has 0 radical (unpaired) electrons. The van der Waals surface area contributed by atoms with Gasteiger partial charge in [-0.05, 0) is 30.9 Å². The second-order valence-corrected chi connectivity index (χ2v) is 7.10. The van der Waals surface area contributed by atoms with Crippen molar-refractivity contribution in [3.05, 3.63) is 21.4 Å². The van der Waals surface area contributed by atoms with E-state index in [1.807, 2.05) is 6.07 Å². The molecular formula is C17H25NO4S. The molecule has 0 saturated carbocycles. The summed E-state index contributed by atoms with van der Waals surface area (Å²) >= 11 is 1.55. The van der Waals surface area contributed by atoms with Crippen molar-refractivity contribution < 1.29 is 19.4 Å². The van der Waals surface area contributed by atoms with Gasteiger partial charge in [0.2, 0.25) is 0 Å². The Morgan fingerprint density at radius 1 is 1.43 bits per heavy atom. The topological polar surface area (TPSA) is 66.8 Å². The van der Waals surface area contributed by atoms with Crippen molar-refractivity contribution in [2.24, 2.45) is 0 Å². The van der Waals surface area contributed by atoms with Gasteiger partial charge in [0.25, 0.3) is 5.91 Å². The van der Waals surface area contributed by atoms with E-state index in [4.69, 9.17) is 9.84 Å². The number of rotatable bonds is 7. The van der Waals surface area contributed by atoms with Crippen LogP contribution in [-0.4, -0.2) is 47.7 Å². The lowest BCUT2D eigenvalue weighted by molar-refractivity contribution is -0.137. The molecule has 1 aliphatic heterocycles. The zero-order valence-electron chi connectivity index (χ0n) is 14.0. The van der Waals surface area contributed by atoms with Crippen LogP contribution in [0, 0.1) is 0 Å². The number of carboxylic acid groups (broad SMARTS) is 1. The molecule has 2 rings (SSSR count). The summed E-state index contributed by atoms with van der Waals surface area (Å²) in [4.78, 5) is 27.6. The lowest BCUT2D eigenvalue weighted by atomic mass is 10.1. The highest BCUT2D eigenvalue weighted by Crippen LogP contribution is 2.30. The standard InChI is InChI=1S/C17H25NO4S/c1-4-6-14-11(5-2)7-15(23-14)17(21)18-10-13(22-3)8-12(18)9-16(19)20/h7,12-13H,4-6,8-10H2,1-3H3,(H,19,20). The van der Waals surface area contributed by atoms with Crippen LogP contribution in [0.1, 0.15) is 53.2 Å². The number of carbonyl (C=O) groups excluding carboxylic acids is 1. The summed E-state index contributed by atoms with van der Waals surface area (Å²) in [5, 5.41) is 9.08. The molecule has 6 heteroatoms. The van der Waals surface area contributed by atoms with Gasteiger partial charge in [-0.3, -0.25) is 9.59 Å². The van der Waals surface area contributed by atoms with Crippen molar-refractivity contribution in [1.29, 1.82) is 0 Å². The molecule has 1 aromatic rings. The highest BCUT2D eigenvalue weighted by molar-refractivity contribution is 7.14. The third kappa shape index (κ3) is 4.12. The number of methoxy groups -OCH3 is 1. The molecule has 1 aliphatic rings. The van der Waals surface area contributed by atoms with Gasteiger partial charge in [-0.25, -0.2) is 0 Å². The lowest BCUT2D eigenvalue weighted by Crippen LogP contribution is -2.36. The van der Waals surface area contributed by atoms with Gasteiger partial charge in [0.1, 0.15) is 0 Å². The Labute approximate surface area is 141 Å². The minimum absolute atomic E-state index is 0.0283. The summed E-state index contributed by atoms with van der Waals surface area (Å²) < 4.78 is 5.34. The van der Waals surface area contributed by atoms with Gasteiger partial charge in [-0.15, -0.1) is 11.3 Å². The van der Waals surface area contributed by atoms with Crippen LogP contribution in [-0.2, 0) is 22.4 Å². The van der Waals surface area contributed by atoms with Gasteiger partial charge in [0.15, 0.2) is 0 Å². The van der Waals surface area contributed by atoms with E-state index in [2.05, 4.69) is 13.8 Å². The summed E-state index contributed by atoms with van der Waals surface area (Å²) in [5.41, 5.74) is 1.23. The van der Waals surface area contributed by atoms with Crippen LogP contribution >= 0.6 is 11.3 Å². The Balaban J connectivity index is 2.21. The van der Waals surface area contributed by atoms with Crippen LogP contribution < -0.4 is 0 Å². The monoisotopic (exact) mass is 339 g/mol. The summed E-state index contributed by atoms with van der Waals surface area (Å²) in [6, 6.07) is 1.70. The average Bonchev–Trinajstić information content (AvgIpc) is 3.10. The molecule has 23 heavy (non-hydrogen) atoms. The number of carboxylic acids is 1. The van der Waals surface area contributed by atoms with Crippen molar-refractivity contribution in [2.75, 3.05) is 13.7 Å². The zero-order valence-corrected chi connectivity index (χ0v) is 14.8. The number of likely N-dealkylation sites (tertiary alicyclic amines) is 1. The summed E-state index contributed by atoms with van der Waals surface area (Å²) in [6.07, 6.45) is 3.43. The Kier molecular flexibility index (Phi) is 6.18. The molecule has 0 aromatic carbocycles. The molecule has 0 aliphatic carbocycles. The summed E-state index contributed by atoms with van der Waals surface area (Å²) in [5.74, 6) is -0.936. The highest BCUT2D eigenvalue weighted by atomic mass is 32.1. The van der Waals surface area contributed by atoms with E-state index in [9.17, 15) is 9.59 Å². The van der Waals surface area contributed by atoms with Crippen LogP contribution in [0.5, 0.6) is 0 Å². The molecule has 1 aromatic heterocycles. The number of hydrogen-bond acceptors (Lipinski definition) is 4. The number of carbonyl (C=O) groups is 2. The second-order valence-electron chi connectivity index (χ2n) is 5.97. The first-order chi connectivity index (χ1) is 11.0. The Morgan fingerprint density at radius 3 is 2.74 bits per heavy atom. The van der Waals surface area contributed by atoms with Crippen molar-refractivity contribution >= 4 is 23.2 Å². The van der Waals surface area contributed by atoms with Crippen molar-refractivity contribution in [2.45, 2.75) is 58.1 Å². The highest BCUT2D eigenvalue weighted by Gasteiger charge is 2.37. The van der Waals surface area contributed by atoms with E-state index in [1.165, 1.54) is 10.4 Å². The van der Waals surface area contributed by atoms with Gasteiger partial charge in [-0.1, -0.05) is 20.3 Å². The van der Waals surface area contributed by atoms with Gasteiger partial charge in [-0.2, -0.15) is 0 Å². The van der Waals surface area contributed by atoms with E-state index >= 15 is 0 Å². The Hall–Kier alpha value is -1.40. The average molecular weight is 339 g/mol. The number of nitrogens with zero attached hydrogens (tertiary/aromatic N) is 1. The smallest absolute Gasteiger partial charge is 0.305 e. The fourth-order valence-electron chi connectivity index (χ4n) is 3.14. The van der Waals surface area contributed by atoms with Crippen LogP contribution in [0.25, 0.3) is 0 Å². The normalized spacial score (nSPS) is 20.9. The number of aliphatic carboxylic acids is 1. The molecular weight excluding hydrogens is 314 g/mol. The van der Waals surface area contributed by atoms with Gasteiger partial charge in [0, 0.05) is 24.6 Å². The largest absolute Gasteiger partial charge is 0.481 e. The number of amides is 1. The maximum atomic E-state index is 12.9. The van der Waals surface area contributed by atoms with Crippen LogP contribution in [0.2, 0.25) is 0 Å². The zero-order chi connectivity index (χ0) is 17.0. The SMILES string of the molecule is CCCc1sc(C(=O)N2CC(OC)CC2CC(=O)O)cc1CC. The predicted molar refractivity (Wildman–Crippen MR) is 90.2 cm³/mol.